The number of carbonyl (C=O) groups is 2. The minimum Gasteiger partial charge on any atom is -0.490 e. The van der Waals surface area contributed by atoms with Crippen molar-refractivity contribution in [3.63, 3.8) is 0 Å². The van der Waals surface area contributed by atoms with E-state index in [0.717, 1.165) is 0 Å². The molecule has 1 N–H and O–H groups in total. The molecule has 1 saturated heterocycles. The number of ether oxygens (including phenoxy) is 1. The van der Waals surface area contributed by atoms with Crippen LogP contribution in [0.3, 0.4) is 0 Å². The van der Waals surface area contributed by atoms with Gasteiger partial charge in [-0.2, -0.15) is 0 Å². The number of hydrogen-bond donors (Lipinski definition) is 1. The van der Waals surface area contributed by atoms with E-state index >= 15 is 0 Å². The maximum atomic E-state index is 13.8. The van der Waals surface area contributed by atoms with Gasteiger partial charge < -0.3 is 14.7 Å². The van der Waals surface area contributed by atoms with Gasteiger partial charge in [0.05, 0.1) is 12.2 Å². The average molecular weight is 309 g/mol. The fourth-order valence-corrected chi connectivity index (χ4v) is 2.73. The topological polar surface area (TPSA) is 66.8 Å². The van der Waals surface area contributed by atoms with Gasteiger partial charge in [-0.05, 0) is 37.8 Å². The Hall–Kier alpha value is -2.11. The SMILES string of the molecule is CCOc1c(F)cccc1C(=O)N1CCC(CC(=O)O)CC1. The summed E-state index contributed by atoms with van der Waals surface area (Å²) in [5.74, 6) is -1.54. The fourth-order valence-electron chi connectivity index (χ4n) is 2.73. The summed E-state index contributed by atoms with van der Waals surface area (Å²) in [7, 11) is 0. The molecule has 0 atom stereocenters. The molecule has 1 aliphatic heterocycles. The van der Waals surface area contributed by atoms with Crippen molar-refractivity contribution in [2.75, 3.05) is 19.7 Å². The van der Waals surface area contributed by atoms with Gasteiger partial charge in [0.2, 0.25) is 0 Å². The van der Waals surface area contributed by atoms with E-state index < -0.39 is 11.8 Å². The maximum Gasteiger partial charge on any atom is 0.303 e. The molecule has 0 unspecified atom stereocenters. The highest BCUT2D eigenvalue weighted by Crippen LogP contribution is 2.27. The number of carboxylic acid groups (broad SMARTS) is 1. The van der Waals surface area contributed by atoms with Crippen LogP contribution in [0.2, 0.25) is 0 Å². The van der Waals surface area contributed by atoms with Crippen LogP contribution in [-0.2, 0) is 4.79 Å². The average Bonchev–Trinajstić information content (AvgIpc) is 2.49. The lowest BCUT2D eigenvalue weighted by Crippen LogP contribution is -2.39. The zero-order valence-electron chi connectivity index (χ0n) is 12.5. The first-order valence-corrected chi connectivity index (χ1v) is 7.45. The molecular weight excluding hydrogens is 289 g/mol. The number of halogens is 1. The maximum absolute atomic E-state index is 13.8. The molecule has 1 aromatic rings. The Morgan fingerprint density at radius 3 is 2.64 bits per heavy atom. The molecule has 0 bridgehead atoms. The number of amides is 1. The number of carboxylic acids is 1. The van der Waals surface area contributed by atoms with E-state index in [-0.39, 0.29) is 36.2 Å². The van der Waals surface area contributed by atoms with E-state index in [2.05, 4.69) is 0 Å². The smallest absolute Gasteiger partial charge is 0.303 e. The molecule has 1 fully saturated rings. The van der Waals surface area contributed by atoms with Gasteiger partial charge in [0, 0.05) is 19.5 Å². The number of likely N-dealkylation sites (tertiary alicyclic amines) is 1. The Kier molecular flexibility index (Phi) is 5.35. The standard InChI is InChI=1S/C16H20FNO4/c1-2-22-15-12(4-3-5-13(15)17)16(21)18-8-6-11(7-9-18)10-14(19)20/h3-5,11H,2,6-10H2,1H3,(H,19,20). The fraction of sp³-hybridized carbons (Fsp3) is 0.500. The molecule has 0 spiro atoms. The minimum absolute atomic E-state index is 0.0114. The second kappa shape index (κ2) is 7.24. The number of piperidine rings is 1. The first-order chi connectivity index (χ1) is 10.5. The summed E-state index contributed by atoms with van der Waals surface area (Å²) < 4.78 is 19.1. The van der Waals surface area contributed by atoms with Crippen molar-refractivity contribution in [2.45, 2.75) is 26.2 Å². The Balaban J connectivity index is 2.07. The third-order valence-electron chi connectivity index (χ3n) is 3.85. The summed E-state index contributed by atoms with van der Waals surface area (Å²) >= 11 is 0. The molecular formula is C16H20FNO4. The molecule has 6 heteroatoms. The minimum atomic E-state index is -0.812. The molecule has 0 aliphatic carbocycles. The second-order valence-corrected chi connectivity index (χ2v) is 5.38. The van der Waals surface area contributed by atoms with Crippen LogP contribution in [0.5, 0.6) is 5.75 Å². The van der Waals surface area contributed by atoms with Crippen LogP contribution in [-0.4, -0.2) is 41.6 Å². The van der Waals surface area contributed by atoms with Gasteiger partial charge in [-0.15, -0.1) is 0 Å². The predicted molar refractivity (Wildman–Crippen MR) is 78.4 cm³/mol. The zero-order valence-corrected chi connectivity index (χ0v) is 12.5. The van der Waals surface area contributed by atoms with E-state index in [1.807, 2.05) is 0 Å². The van der Waals surface area contributed by atoms with Crippen LogP contribution in [0.4, 0.5) is 4.39 Å². The zero-order chi connectivity index (χ0) is 16.1. The largest absolute Gasteiger partial charge is 0.490 e. The van der Waals surface area contributed by atoms with Crippen molar-refractivity contribution in [2.24, 2.45) is 5.92 Å². The van der Waals surface area contributed by atoms with Crippen molar-refractivity contribution in [1.82, 2.24) is 4.90 Å². The number of benzene rings is 1. The quantitative estimate of drug-likeness (QED) is 0.907. The summed E-state index contributed by atoms with van der Waals surface area (Å²) in [6, 6.07) is 4.31. The van der Waals surface area contributed by atoms with Crippen LogP contribution >= 0.6 is 0 Å². The van der Waals surface area contributed by atoms with E-state index in [9.17, 15) is 14.0 Å². The third kappa shape index (κ3) is 3.75. The molecule has 1 aliphatic rings. The van der Waals surface area contributed by atoms with Crippen molar-refractivity contribution < 1.29 is 23.8 Å². The summed E-state index contributed by atoms with van der Waals surface area (Å²) in [4.78, 5) is 24.9. The van der Waals surface area contributed by atoms with Crippen molar-refractivity contribution in [3.8, 4) is 5.75 Å². The summed E-state index contributed by atoms with van der Waals surface area (Å²) in [6.45, 7) is 2.98. The summed E-state index contributed by atoms with van der Waals surface area (Å²) in [5.41, 5.74) is 0.221. The Morgan fingerprint density at radius 1 is 1.36 bits per heavy atom. The lowest BCUT2D eigenvalue weighted by atomic mass is 9.93. The summed E-state index contributed by atoms with van der Waals surface area (Å²) in [5, 5.41) is 8.81. The number of rotatable bonds is 5. The molecule has 120 valence electrons. The normalized spacial score (nSPS) is 15.6. The van der Waals surface area contributed by atoms with Gasteiger partial charge in [0.1, 0.15) is 0 Å². The van der Waals surface area contributed by atoms with E-state index in [1.165, 1.54) is 12.1 Å². The summed E-state index contributed by atoms with van der Waals surface area (Å²) in [6.07, 6.45) is 1.43. The van der Waals surface area contributed by atoms with Crippen LogP contribution < -0.4 is 4.74 Å². The van der Waals surface area contributed by atoms with Crippen LogP contribution in [0, 0.1) is 11.7 Å². The van der Waals surface area contributed by atoms with Gasteiger partial charge >= 0.3 is 5.97 Å². The number of para-hydroxylation sites is 1. The molecule has 1 amide bonds. The Labute approximate surface area is 128 Å². The Bertz CT molecular complexity index is 553. The molecule has 22 heavy (non-hydrogen) atoms. The molecule has 0 radical (unpaired) electrons. The van der Waals surface area contributed by atoms with E-state index in [4.69, 9.17) is 9.84 Å². The number of nitrogens with zero attached hydrogens (tertiary/aromatic N) is 1. The monoisotopic (exact) mass is 309 g/mol. The highest BCUT2D eigenvalue weighted by atomic mass is 19.1. The van der Waals surface area contributed by atoms with Crippen molar-refractivity contribution >= 4 is 11.9 Å². The lowest BCUT2D eigenvalue weighted by molar-refractivity contribution is -0.138. The number of carbonyl (C=O) groups excluding carboxylic acids is 1. The second-order valence-electron chi connectivity index (χ2n) is 5.38. The number of hydrogen-bond acceptors (Lipinski definition) is 3. The first-order valence-electron chi connectivity index (χ1n) is 7.45. The molecule has 1 aromatic carbocycles. The van der Waals surface area contributed by atoms with Crippen LogP contribution in [0.15, 0.2) is 18.2 Å². The third-order valence-corrected chi connectivity index (χ3v) is 3.85. The van der Waals surface area contributed by atoms with Gasteiger partial charge in [-0.1, -0.05) is 6.07 Å². The van der Waals surface area contributed by atoms with Gasteiger partial charge in [-0.3, -0.25) is 9.59 Å². The highest BCUT2D eigenvalue weighted by Gasteiger charge is 2.27. The molecule has 0 aromatic heterocycles. The predicted octanol–water partition coefficient (Wildman–Crippen LogP) is 2.55. The van der Waals surface area contributed by atoms with Gasteiger partial charge in [-0.25, -0.2) is 4.39 Å². The lowest BCUT2D eigenvalue weighted by Gasteiger charge is -2.31. The molecule has 5 nitrogen and oxygen atoms in total. The van der Waals surface area contributed by atoms with E-state index in [1.54, 1.807) is 17.9 Å². The molecule has 0 saturated carbocycles. The van der Waals surface area contributed by atoms with Gasteiger partial charge in [0.25, 0.3) is 5.91 Å². The van der Waals surface area contributed by atoms with Crippen molar-refractivity contribution in [1.29, 1.82) is 0 Å². The van der Waals surface area contributed by atoms with Crippen LogP contribution in [0.25, 0.3) is 0 Å². The highest BCUT2D eigenvalue weighted by molar-refractivity contribution is 5.97. The van der Waals surface area contributed by atoms with E-state index in [0.29, 0.717) is 25.9 Å². The van der Waals surface area contributed by atoms with Gasteiger partial charge in [0.15, 0.2) is 11.6 Å². The van der Waals surface area contributed by atoms with Crippen LogP contribution in [0.1, 0.15) is 36.5 Å². The Morgan fingerprint density at radius 2 is 2.05 bits per heavy atom. The van der Waals surface area contributed by atoms with Crippen molar-refractivity contribution in [3.05, 3.63) is 29.6 Å². The molecule has 2 rings (SSSR count). The number of aliphatic carboxylic acids is 1. The first kappa shape index (κ1) is 16.3. The molecule has 1 heterocycles.